The predicted molar refractivity (Wildman–Crippen MR) is 147 cm³/mol. The second-order valence-electron chi connectivity index (χ2n) is 9.28. The number of thioether (sulfide) groups is 1. The number of anilines is 1. The Labute approximate surface area is 228 Å². The number of aromatic nitrogens is 1. The van der Waals surface area contributed by atoms with Gasteiger partial charge in [-0.05, 0) is 49.8 Å². The minimum absolute atomic E-state index is 0.211. The summed E-state index contributed by atoms with van der Waals surface area (Å²) in [5.74, 6) is -0.726. The molecule has 200 valence electrons. The van der Waals surface area contributed by atoms with Crippen LogP contribution >= 0.6 is 11.8 Å². The van der Waals surface area contributed by atoms with Crippen LogP contribution in [0.15, 0.2) is 35.4 Å². The van der Waals surface area contributed by atoms with Crippen LogP contribution in [0.3, 0.4) is 0 Å². The third-order valence-electron chi connectivity index (χ3n) is 6.71. The Bertz CT molecular complexity index is 1200. The minimum atomic E-state index is -0.753. The molecule has 1 saturated heterocycles. The standard InChI is InChI=1S/C28H34N6O3S/c1-2-21-22(17-29)27(34-15-12-20(13-16-34)32-14-8-4-7-11-24(35)36)33-28(23(21)18-30)38-25(26(31)37)19-9-5-3-6-10-19/h3,5-6,9-10,20,25,32H,2,4,7-8,11-16H2,1H3,(H2,31,37)(H,35,36). The highest BCUT2D eigenvalue weighted by Gasteiger charge is 2.29. The van der Waals surface area contributed by atoms with E-state index in [1.165, 1.54) is 0 Å². The van der Waals surface area contributed by atoms with Crippen LogP contribution in [0.2, 0.25) is 0 Å². The van der Waals surface area contributed by atoms with Gasteiger partial charge in [0.05, 0.1) is 11.1 Å². The number of nitriles is 2. The molecule has 10 heteroatoms. The number of pyridine rings is 1. The van der Waals surface area contributed by atoms with Crippen molar-refractivity contribution in [3.63, 3.8) is 0 Å². The first-order valence-electron chi connectivity index (χ1n) is 13.0. The van der Waals surface area contributed by atoms with Gasteiger partial charge >= 0.3 is 5.97 Å². The van der Waals surface area contributed by atoms with Crippen molar-refractivity contribution >= 4 is 29.5 Å². The van der Waals surface area contributed by atoms with Crippen molar-refractivity contribution in [1.29, 1.82) is 10.5 Å². The van der Waals surface area contributed by atoms with Crippen molar-refractivity contribution in [2.45, 2.75) is 68.2 Å². The van der Waals surface area contributed by atoms with Gasteiger partial charge in [-0.25, -0.2) is 4.98 Å². The second kappa shape index (κ2) is 14.4. The third kappa shape index (κ3) is 7.47. The Morgan fingerprint density at radius 1 is 1.16 bits per heavy atom. The van der Waals surface area contributed by atoms with Crippen LogP contribution < -0.4 is 16.0 Å². The lowest BCUT2D eigenvalue weighted by Crippen LogP contribution is -2.43. The van der Waals surface area contributed by atoms with Crippen LogP contribution in [0.4, 0.5) is 5.82 Å². The Morgan fingerprint density at radius 2 is 1.84 bits per heavy atom. The molecule has 1 unspecified atom stereocenters. The first kappa shape index (κ1) is 29.0. The number of unbranched alkanes of at least 4 members (excludes halogenated alkanes) is 2. The van der Waals surface area contributed by atoms with Gasteiger partial charge in [-0.2, -0.15) is 10.5 Å². The molecule has 38 heavy (non-hydrogen) atoms. The Hall–Kier alpha value is -3.60. The molecule has 2 heterocycles. The van der Waals surface area contributed by atoms with E-state index in [9.17, 15) is 20.1 Å². The van der Waals surface area contributed by atoms with Crippen molar-refractivity contribution in [3.05, 3.63) is 52.6 Å². The van der Waals surface area contributed by atoms with E-state index in [0.717, 1.165) is 49.6 Å². The zero-order valence-electron chi connectivity index (χ0n) is 21.7. The predicted octanol–water partition coefficient (Wildman–Crippen LogP) is 3.91. The van der Waals surface area contributed by atoms with Crippen LogP contribution in [0.5, 0.6) is 0 Å². The number of nitrogens with zero attached hydrogens (tertiary/aromatic N) is 4. The molecule has 1 aliphatic heterocycles. The molecule has 1 fully saturated rings. The number of aliphatic carboxylic acids is 1. The molecular weight excluding hydrogens is 500 g/mol. The molecule has 2 aromatic rings. The summed E-state index contributed by atoms with van der Waals surface area (Å²) in [5, 5.41) is 32.0. The van der Waals surface area contributed by atoms with Crippen molar-refractivity contribution in [3.8, 4) is 12.1 Å². The maximum absolute atomic E-state index is 12.4. The largest absolute Gasteiger partial charge is 0.481 e. The number of nitrogens with two attached hydrogens (primary N) is 1. The van der Waals surface area contributed by atoms with E-state index in [0.29, 0.717) is 59.5 Å². The highest BCUT2D eigenvalue weighted by molar-refractivity contribution is 8.00. The van der Waals surface area contributed by atoms with E-state index in [-0.39, 0.29) is 6.42 Å². The summed E-state index contributed by atoms with van der Waals surface area (Å²) in [7, 11) is 0. The highest BCUT2D eigenvalue weighted by atomic mass is 32.2. The number of nitrogens with one attached hydrogen (secondary N) is 1. The third-order valence-corrected chi connectivity index (χ3v) is 7.97. The Balaban J connectivity index is 1.77. The fourth-order valence-corrected chi connectivity index (χ4v) is 5.77. The number of amides is 1. The number of hydrogen-bond acceptors (Lipinski definition) is 8. The summed E-state index contributed by atoms with van der Waals surface area (Å²) in [6.45, 7) is 4.16. The van der Waals surface area contributed by atoms with Crippen molar-refractivity contribution in [2.24, 2.45) is 5.73 Å². The molecule has 1 aliphatic rings. The second-order valence-corrected chi connectivity index (χ2v) is 10.4. The molecule has 4 N–H and O–H groups in total. The fourth-order valence-electron chi connectivity index (χ4n) is 4.71. The number of primary amides is 1. The molecule has 1 aromatic carbocycles. The maximum Gasteiger partial charge on any atom is 0.303 e. The van der Waals surface area contributed by atoms with E-state index < -0.39 is 17.1 Å². The van der Waals surface area contributed by atoms with E-state index in [1.54, 1.807) is 0 Å². The molecule has 1 aromatic heterocycles. The van der Waals surface area contributed by atoms with Gasteiger partial charge in [0.15, 0.2) is 0 Å². The normalized spacial score (nSPS) is 14.4. The number of hydrogen-bond donors (Lipinski definition) is 3. The van der Waals surface area contributed by atoms with Crippen LogP contribution in [0.25, 0.3) is 0 Å². The van der Waals surface area contributed by atoms with Crippen molar-refractivity contribution < 1.29 is 14.7 Å². The lowest BCUT2D eigenvalue weighted by molar-refractivity contribution is -0.137. The molecule has 0 bridgehead atoms. The lowest BCUT2D eigenvalue weighted by Gasteiger charge is -2.34. The van der Waals surface area contributed by atoms with Crippen molar-refractivity contribution in [2.75, 3.05) is 24.5 Å². The number of carboxylic acid groups (broad SMARTS) is 1. The number of piperidine rings is 1. The van der Waals surface area contributed by atoms with Gasteiger partial charge < -0.3 is 21.1 Å². The first-order chi connectivity index (χ1) is 18.4. The zero-order chi connectivity index (χ0) is 27.5. The van der Waals surface area contributed by atoms with Gasteiger partial charge in [-0.3, -0.25) is 9.59 Å². The maximum atomic E-state index is 12.4. The molecule has 1 atom stereocenters. The van der Waals surface area contributed by atoms with Crippen molar-refractivity contribution in [1.82, 2.24) is 10.3 Å². The van der Waals surface area contributed by atoms with E-state index in [2.05, 4.69) is 22.4 Å². The van der Waals surface area contributed by atoms with Crippen LogP contribution in [0, 0.1) is 22.7 Å². The summed E-state index contributed by atoms with van der Waals surface area (Å²) in [4.78, 5) is 29.9. The summed E-state index contributed by atoms with van der Waals surface area (Å²) in [6.07, 6.45) is 4.96. The van der Waals surface area contributed by atoms with E-state index >= 15 is 0 Å². The highest BCUT2D eigenvalue weighted by Crippen LogP contribution is 2.39. The fraction of sp³-hybridized carbons (Fsp3) is 0.464. The van der Waals surface area contributed by atoms with Gasteiger partial charge in [0.2, 0.25) is 5.91 Å². The monoisotopic (exact) mass is 534 g/mol. The number of carbonyl (C=O) groups excluding carboxylic acids is 1. The number of carboxylic acids is 1. The molecule has 0 saturated carbocycles. The minimum Gasteiger partial charge on any atom is -0.481 e. The smallest absolute Gasteiger partial charge is 0.303 e. The first-order valence-corrected chi connectivity index (χ1v) is 13.9. The number of benzene rings is 1. The van der Waals surface area contributed by atoms with Gasteiger partial charge in [-0.1, -0.05) is 55.4 Å². The van der Waals surface area contributed by atoms with E-state index in [4.69, 9.17) is 15.8 Å². The molecule has 3 rings (SSSR count). The molecule has 1 amide bonds. The Morgan fingerprint density at radius 3 is 2.42 bits per heavy atom. The Kier molecular flexibility index (Phi) is 11.0. The van der Waals surface area contributed by atoms with Crippen LogP contribution in [-0.4, -0.2) is 47.6 Å². The van der Waals surface area contributed by atoms with Crippen LogP contribution in [-0.2, 0) is 16.0 Å². The molecule has 9 nitrogen and oxygen atoms in total. The molecule has 0 radical (unpaired) electrons. The van der Waals surface area contributed by atoms with Crippen LogP contribution in [0.1, 0.15) is 73.0 Å². The summed E-state index contributed by atoms with van der Waals surface area (Å²) in [5.41, 5.74) is 7.84. The summed E-state index contributed by atoms with van der Waals surface area (Å²) < 4.78 is 0. The molecular formula is C28H34N6O3S. The van der Waals surface area contributed by atoms with E-state index in [1.807, 2.05) is 37.3 Å². The summed E-state index contributed by atoms with van der Waals surface area (Å²) >= 11 is 1.15. The van der Waals surface area contributed by atoms with Gasteiger partial charge in [0.25, 0.3) is 0 Å². The zero-order valence-corrected chi connectivity index (χ0v) is 22.5. The summed E-state index contributed by atoms with van der Waals surface area (Å²) in [6, 6.07) is 14.0. The lowest BCUT2D eigenvalue weighted by atomic mass is 10.00. The molecule has 0 spiro atoms. The number of rotatable bonds is 13. The van der Waals surface area contributed by atoms with Gasteiger partial charge in [0, 0.05) is 25.6 Å². The average molecular weight is 535 g/mol. The topological polar surface area (TPSA) is 156 Å². The average Bonchev–Trinajstić information content (AvgIpc) is 2.93. The SMILES string of the molecule is CCc1c(C#N)c(SC(C(N)=O)c2ccccc2)nc(N2CCC(NCCCCCC(=O)O)CC2)c1C#N. The quantitative estimate of drug-likeness (QED) is 0.256. The van der Waals surface area contributed by atoms with Gasteiger partial charge in [0.1, 0.15) is 28.2 Å². The molecule has 0 aliphatic carbocycles. The number of carbonyl (C=O) groups is 2. The van der Waals surface area contributed by atoms with Gasteiger partial charge in [-0.15, -0.1) is 0 Å².